The number of carboxylic acids is 1. The standard InChI is InChI=1S/C25H30ClN3O2/c1-16-14-17(2)27-24-23(16)28-21(8-5-13-26)29(24)15-18-9-11-20(12-10-18)22(25(30)31)19-6-3-4-7-19/h9-12,14,19,22H,3-8,13,15H2,1-2H3,(H,30,31). The third-order valence-electron chi connectivity index (χ3n) is 6.45. The SMILES string of the molecule is Cc1cc(C)c2nc(CCCCl)n(Cc3ccc(C(C(=O)O)C4CCCC4)cc3)c2n1. The van der Waals surface area contributed by atoms with E-state index in [9.17, 15) is 9.90 Å². The van der Waals surface area contributed by atoms with Gasteiger partial charge in [0.15, 0.2) is 5.65 Å². The number of pyridine rings is 1. The topological polar surface area (TPSA) is 68.0 Å². The van der Waals surface area contributed by atoms with Gasteiger partial charge >= 0.3 is 5.97 Å². The molecule has 0 bridgehead atoms. The number of nitrogens with zero attached hydrogens (tertiary/aromatic N) is 3. The molecule has 164 valence electrons. The number of hydrogen-bond donors (Lipinski definition) is 1. The van der Waals surface area contributed by atoms with E-state index >= 15 is 0 Å². The minimum Gasteiger partial charge on any atom is -0.481 e. The van der Waals surface area contributed by atoms with Crippen molar-refractivity contribution in [1.82, 2.24) is 14.5 Å². The average molecular weight is 440 g/mol. The molecule has 1 saturated carbocycles. The van der Waals surface area contributed by atoms with Gasteiger partial charge in [-0.05, 0) is 61.8 Å². The van der Waals surface area contributed by atoms with Crippen molar-refractivity contribution in [3.05, 3.63) is 58.5 Å². The Kier molecular flexibility index (Phi) is 6.61. The molecule has 5 nitrogen and oxygen atoms in total. The first-order valence-electron chi connectivity index (χ1n) is 11.2. The van der Waals surface area contributed by atoms with Crippen molar-refractivity contribution in [3.63, 3.8) is 0 Å². The first-order chi connectivity index (χ1) is 15.0. The first-order valence-corrected chi connectivity index (χ1v) is 11.7. The highest BCUT2D eigenvalue weighted by atomic mass is 35.5. The van der Waals surface area contributed by atoms with Gasteiger partial charge in [-0.2, -0.15) is 0 Å². The summed E-state index contributed by atoms with van der Waals surface area (Å²) < 4.78 is 2.18. The third-order valence-corrected chi connectivity index (χ3v) is 6.72. The predicted molar refractivity (Wildman–Crippen MR) is 124 cm³/mol. The molecular weight excluding hydrogens is 410 g/mol. The molecule has 0 radical (unpaired) electrons. The molecule has 3 aromatic rings. The van der Waals surface area contributed by atoms with Gasteiger partial charge in [-0.3, -0.25) is 4.79 Å². The van der Waals surface area contributed by atoms with Crippen LogP contribution in [0.2, 0.25) is 0 Å². The Morgan fingerprint density at radius 2 is 1.90 bits per heavy atom. The fraction of sp³-hybridized carbons (Fsp3) is 0.480. The number of imidazole rings is 1. The lowest BCUT2D eigenvalue weighted by atomic mass is 9.84. The van der Waals surface area contributed by atoms with E-state index in [1.165, 1.54) is 0 Å². The highest BCUT2D eigenvalue weighted by Gasteiger charge is 2.31. The van der Waals surface area contributed by atoms with E-state index in [1.54, 1.807) is 0 Å². The van der Waals surface area contributed by atoms with Crippen LogP contribution in [0.15, 0.2) is 30.3 Å². The summed E-state index contributed by atoms with van der Waals surface area (Å²) in [5.74, 6) is 0.727. The molecule has 0 spiro atoms. The number of halogens is 1. The molecule has 2 aromatic heterocycles. The fourth-order valence-corrected chi connectivity index (χ4v) is 5.08. The van der Waals surface area contributed by atoms with Gasteiger partial charge in [0.05, 0.1) is 12.5 Å². The molecule has 1 aliphatic carbocycles. The van der Waals surface area contributed by atoms with E-state index in [-0.39, 0.29) is 5.92 Å². The van der Waals surface area contributed by atoms with Crippen LogP contribution in [0, 0.1) is 19.8 Å². The number of aliphatic carboxylic acids is 1. The van der Waals surface area contributed by atoms with Crippen molar-refractivity contribution in [2.75, 3.05) is 5.88 Å². The van der Waals surface area contributed by atoms with Crippen molar-refractivity contribution < 1.29 is 9.90 Å². The summed E-state index contributed by atoms with van der Waals surface area (Å²) in [5.41, 5.74) is 5.98. The van der Waals surface area contributed by atoms with Crippen LogP contribution in [-0.2, 0) is 17.8 Å². The Morgan fingerprint density at radius 3 is 2.55 bits per heavy atom. The predicted octanol–water partition coefficient (Wildman–Crippen LogP) is 5.63. The Hall–Kier alpha value is -2.40. The van der Waals surface area contributed by atoms with E-state index in [1.807, 2.05) is 19.1 Å². The minimum absolute atomic E-state index is 0.248. The fourth-order valence-electron chi connectivity index (χ4n) is 4.95. The van der Waals surface area contributed by atoms with Crippen LogP contribution in [0.3, 0.4) is 0 Å². The molecular formula is C25H30ClN3O2. The maximum Gasteiger partial charge on any atom is 0.311 e. The average Bonchev–Trinajstić information content (AvgIpc) is 3.37. The van der Waals surface area contributed by atoms with Crippen LogP contribution in [-0.4, -0.2) is 31.5 Å². The molecule has 1 N–H and O–H groups in total. The molecule has 2 heterocycles. The second-order valence-corrected chi connectivity index (χ2v) is 9.14. The second kappa shape index (κ2) is 9.39. The summed E-state index contributed by atoms with van der Waals surface area (Å²) in [5, 5.41) is 9.82. The van der Waals surface area contributed by atoms with Crippen molar-refractivity contribution >= 4 is 28.7 Å². The zero-order chi connectivity index (χ0) is 22.0. The highest BCUT2D eigenvalue weighted by Crippen LogP contribution is 2.37. The molecule has 1 unspecified atom stereocenters. The molecule has 0 aliphatic heterocycles. The lowest BCUT2D eigenvalue weighted by Gasteiger charge is -2.20. The molecule has 1 aliphatic rings. The van der Waals surface area contributed by atoms with Crippen LogP contribution in [0.1, 0.15) is 66.2 Å². The van der Waals surface area contributed by atoms with Crippen molar-refractivity contribution in [1.29, 1.82) is 0 Å². The van der Waals surface area contributed by atoms with Crippen molar-refractivity contribution in [2.24, 2.45) is 5.92 Å². The maximum absolute atomic E-state index is 12.0. The van der Waals surface area contributed by atoms with Gasteiger partial charge in [0.25, 0.3) is 0 Å². The number of alkyl halides is 1. The second-order valence-electron chi connectivity index (χ2n) is 8.76. The van der Waals surface area contributed by atoms with Gasteiger partial charge in [-0.25, -0.2) is 9.97 Å². The smallest absolute Gasteiger partial charge is 0.311 e. The minimum atomic E-state index is -0.709. The largest absolute Gasteiger partial charge is 0.481 e. The summed E-state index contributed by atoms with van der Waals surface area (Å²) in [6.45, 7) is 4.74. The Morgan fingerprint density at radius 1 is 1.19 bits per heavy atom. The van der Waals surface area contributed by atoms with Gasteiger partial charge in [0, 0.05) is 18.0 Å². The number of fused-ring (bicyclic) bond motifs is 1. The zero-order valence-corrected chi connectivity index (χ0v) is 19.0. The summed E-state index contributed by atoms with van der Waals surface area (Å²) in [6.07, 6.45) is 5.96. The van der Waals surface area contributed by atoms with Crippen molar-refractivity contribution in [2.45, 2.75) is 64.8 Å². The summed E-state index contributed by atoms with van der Waals surface area (Å²) in [6, 6.07) is 10.2. The molecule has 0 saturated heterocycles. The van der Waals surface area contributed by atoms with Crippen molar-refractivity contribution in [3.8, 4) is 0 Å². The monoisotopic (exact) mass is 439 g/mol. The van der Waals surface area contributed by atoms with Crippen LogP contribution < -0.4 is 0 Å². The van der Waals surface area contributed by atoms with Gasteiger partial charge < -0.3 is 9.67 Å². The number of benzene rings is 1. The summed E-state index contributed by atoms with van der Waals surface area (Å²) in [4.78, 5) is 21.6. The van der Waals surface area contributed by atoms with Gasteiger partial charge in [0.2, 0.25) is 0 Å². The number of aryl methyl sites for hydroxylation is 3. The van der Waals surface area contributed by atoms with Gasteiger partial charge in [-0.15, -0.1) is 11.6 Å². The molecule has 6 heteroatoms. The first kappa shape index (κ1) is 21.8. The lowest BCUT2D eigenvalue weighted by Crippen LogP contribution is -2.19. The van der Waals surface area contributed by atoms with Crippen LogP contribution in [0.5, 0.6) is 0 Å². The summed E-state index contributed by atoms with van der Waals surface area (Å²) >= 11 is 5.94. The van der Waals surface area contributed by atoms with E-state index in [2.05, 4.69) is 29.7 Å². The van der Waals surface area contributed by atoms with E-state index in [0.717, 1.165) is 77.9 Å². The van der Waals surface area contributed by atoms with Gasteiger partial charge in [0.1, 0.15) is 11.3 Å². The maximum atomic E-state index is 12.0. The van der Waals surface area contributed by atoms with Crippen LogP contribution in [0.4, 0.5) is 0 Å². The molecule has 1 fully saturated rings. The number of carbonyl (C=O) groups is 1. The van der Waals surface area contributed by atoms with E-state index < -0.39 is 11.9 Å². The van der Waals surface area contributed by atoms with Gasteiger partial charge in [-0.1, -0.05) is 37.1 Å². The number of carboxylic acid groups (broad SMARTS) is 1. The van der Waals surface area contributed by atoms with E-state index in [0.29, 0.717) is 12.4 Å². The highest BCUT2D eigenvalue weighted by molar-refractivity contribution is 6.17. The molecule has 1 atom stereocenters. The third kappa shape index (κ3) is 4.62. The van der Waals surface area contributed by atoms with Crippen LogP contribution >= 0.6 is 11.6 Å². The molecule has 1 aromatic carbocycles. The normalized spacial score (nSPS) is 15.6. The summed E-state index contributed by atoms with van der Waals surface area (Å²) in [7, 11) is 0. The Bertz CT molecular complexity index is 1070. The lowest BCUT2D eigenvalue weighted by molar-refractivity contribution is -0.140. The van der Waals surface area contributed by atoms with E-state index in [4.69, 9.17) is 21.6 Å². The number of aromatic nitrogens is 3. The zero-order valence-electron chi connectivity index (χ0n) is 18.3. The molecule has 31 heavy (non-hydrogen) atoms. The Balaban J connectivity index is 1.65. The number of rotatable bonds is 8. The molecule has 0 amide bonds. The quantitative estimate of drug-likeness (QED) is 0.462. The Labute approximate surface area is 188 Å². The molecule has 4 rings (SSSR count). The number of hydrogen-bond acceptors (Lipinski definition) is 3. The van der Waals surface area contributed by atoms with Crippen LogP contribution in [0.25, 0.3) is 11.2 Å².